The predicted molar refractivity (Wildman–Crippen MR) is 245 cm³/mol. The van der Waals surface area contributed by atoms with Crippen molar-refractivity contribution < 1.29 is 63.0 Å². The third kappa shape index (κ3) is 14.3. The number of ketones is 3. The number of amides is 1. The first-order valence-electron chi connectivity index (χ1n) is 23.9. The number of ether oxygens (including phenoxy) is 5. The summed E-state index contributed by atoms with van der Waals surface area (Å²) in [5.41, 5.74) is 1.27. The molecule has 65 heavy (non-hydrogen) atoms. The number of hydrogen-bond acceptors (Lipinski definition) is 13. The summed E-state index contributed by atoms with van der Waals surface area (Å²) in [6.07, 6.45) is 11.2. The van der Waals surface area contributed by atoms with Crippen LogP contribution >= 0.6 is 0 Å². The van der Waals surface area contributed by atoms with Gasteiger partial charge in [-0.3, -0.25) is 19.2 Å². The molecule has 4 rings (SSSR count). The number of methoxy groups -OCH3 is 3. The van der Waals surface area contributed by atoms with Gasteiger partial charge in [-0.25, -0.2) is 4.79 Å². The predicted octanol–water partition coefficient (Wildman–Crippen LogP) is 6.18. The van der Waals surface area contributed by atoms with Crippen LogP contribution in [0.4, 0.5) is 0 Å². The van der Waals surface area contributed by atoms with Crippen LogP contribution in [0.15, 0.2) is 47.6 Å². The molecule has 0 spiro atoms. The molecular weight excluding hydrogens is 835 g/mol. The Labute approximate surface area is 387 Å². The average Bonchev–Trinajstić information content (AvgIpc) is 3.28. The van der Waals surface area contributed by atoms with Crippen molar-refractivity contribution in [2.24, 2.45) is 35.5 Å². The number of nitrogens with zero attached hydrogens (tertiary/aromatic N) is 1. The molecule has 1 aliphatic carbocycles. The summed E-state index contributed by atoms with van der Waals surface area (Å²) in [4.78, 5) is 71.8. The summed E-state index contributed by atoms with van der Waals surface area (Å²) in [6.45, 7) is 12.7. The van der Waals surface area contributed by atoms with E-state index in [1.54, 1.807) is 41.1 Å². The zero-order chi connectivity index (χ0) is 48.2. The van der Waals surface area contributed by atoms with Gasteiger partial charge in [0, 0.05) is 58.5 Å². The quantitative estimate of drug-likeness (QED) is 0.156. The minimum Gasteiger partial charge on any atom is -0.460 e. The lowest BCUT2D eigenvalue weighted by Crippen LogP contribution is -2.61. The van der Waals surface area contributed by atoms with E-state index in [-0.39, 0.29) is 54.8 Å². The molecule has 3 aliphatic heterocycles. The zero-order valence-corrected chi connectivity index (χ0v) is 40.6. The van der Waals surface area contributed by atoms with Gasteiger partial charge in [-0.05, 0) is 107 Å². The van der Waals surface area contributed by atoms with Crippen LogP contribution in [0, 0.1) is 35.5 Å². The maximum Gasteiger partial charge on any atom is 0.329 e. The number of aliphatic hydroxyl groups excluding tert-OH is 2. The molecule has 14 heteroatoms. The number of allylic oxidation sites excluding steroid dienone is 6. The number of piperidine rings is 1. The fraction of sp³-hybridized carbons (Fsp3) is 0.745. The second-order valence-electron chi connectivity index (χ2n) is 19.6. The van der Waals surface area contributed by atoms with E-state index >= 15 is 0 Å². The molecule has 366 valence electrons. The molecule has 2 bridgehead atoms. The second kappa shape index (κ2) is 25.1. The number of esters is 1. The van der Waals surface area contributed by atoms with Gasteiger partial charge < -0.3 is 43.9 Å². The maximum absolute atomic E-state index is 14.4. The van der Waals surface area contributed by atoms with Crippen LogP contribution in [0.3, 0.4) is 0 Å². The molecule has 14 nitrogen and oxygen atoms in total. The summed E-state index contributed by atoms with van der Waals surface area (Å²) in [5.74, 6) is -7.96. The Morgan fingerprint density at radius 2 is 1.57 bits per heavy atom. The molecule has 3 fully saturated rings. The van der Waals surface area contributed by atoms with Crippen molar-refractivity contribution in [1.82, 2.24) is 4.90 Å². The number of hydrogen-bond donors (Lipinski definition) is 3. The SMILES string of the molecule is CO[C@@H]1C(=O)[C@@H](C)C[C@@H](C)C=CC=CC=C(C)[C@H](OC)C[C@H]2CC[C@H](C)[C@@](O)(O2)C(=O)C(=O)N2CCCC[C@@H]2C(=O)O[C@H]([C@H](C)C[C@@H]2CC[C@H](O)[C@H](OC)C2)CC(=O)[C@H](C)C=C(C)[C@@H]1O. The number of rotatable bonds is 6. The molecular formula is C51H79NO13. The number of carbonyl (C=O) groups is 5. The highest BCUT2D eigenvalue weighted by atomic mass is 16.6. The van der Waals surface area contributed by atoms with Crippen molar-refractivity contribution in [2.75, 3.05) is 27.9 Å². The van der Waals surface area contributed by atoms with Gasteiger partial charge in [0.2, 0.25) is 5.79 Å². The van der Waals surface area contributed by atoms with E-state index in [1.807, 2.05) is 58.1 Å². The van der Waals surface area contributed by atoms with E-state index in [2.05, 4.69) is 0 Å². The molecule has 0 aromatic heterocycles. The molecule has 15 atom stereocenters. The minimum absolute atomic E-state index is 0.0193. The highest BCUT2D eigenvalue weighted by molar-refractivity contribution is 6.39. The van der Waals surface area contributed by atoms with Crippen LogP contribution in [0.1, 0.15) is 126 Å². The molecule has 1 amide bonds. The molecule has 0 aromatic carbocycles. The van der Waals surface area contributed by atoms with E-state index in [0.717, 1.165) is 12.0 Å². The van der Waals surface area contributed by atoms with Crippen LogP contribution < -0.4 is 0 Å². The van der Waals surface area contributed by atoms with Gasteiger partial charge in [-0.2, -0.15) is 0 Å². The molecule has 3 N–H and O–H groups in total. The maximum atomic E-state index is 14.4. The Kier molecular flexibility index (Phi) is 21.0. The van der Waals surface area contributed by atoms with E-state index in [9.17, 15) is 39.3 Å². The normalized spacial score (nSPS) is 37.8. The monoisotopic (exact) mass is 914 g/mol. The van der Waals surface area contributed by atoms with E-state index in [4.69, 9.17) is 23.7 Å². The van der Waals surface area contributed by atoms with E-state index in [0.29, 0.717) is 63.4 Å². The zero-order valence-electron chi connectivity index (χ0n) is 40.6. The van der Waals surface area contributed by atoms with Crippen molar-refractivity contribution in [1.29, 1.82) is 0 Å². The highest BCUT2D eigenvalue weighted by Gasteiger charge is 2.53. The fourth-order valence-electron chi connectivity index (χ4n) is 10.1. The summed E-state index contributed by atoms with van der Waals surface area (Å²) in [6, 6.07) is -1.14. The third-order valence-electron chi connectivity index (χ3n) is 14.5. The number of Topliss-reactive ketones (excluding diaryl/α,β-unsaturated/α-hetero) is 3. The Morgan fingerprint density at radius 1 is 0.846 bits per heavy atom. The van der Waals surface area contributed by atoms with Crippen molar-refractivity contribution in [2.45, 2.75) is 180 Å². The third-order valence-corrected chi connectivity index (χ3v) is 14.5. The van der Waals surface area contributed by atoms with E-state index < -0.39 is 83.9 Å². The molecule has 0 aromatic rings. The highest BCUT2D eigenvalue weighted by Crippen LogP contribution is 2.38. The molecule has 3 heterocycles. The van der Waals surface area contributed by atoms with Gasteiger partial charge in [-0.1, -0.05) is 71.1 Å². The van der Waals surface area contributed by atoms with Crippen LogP contribution in [-0.2, 0) is 47.7 Å². The molecule has 4 aliphatic rings. The Bertz CT molecular complexity index is 1760. The standard InChI is InChI=1S/C51H79NO13/c1-30-16-12-11-13-17-31(2)42(61-8)28-38-21-19-36(7)51(60,65-38)48(57)49(58)52-23-15-14-18-39(52)50(59)64-43(33(4)26-37-20-22-40(53)44(27-37)62-9)29-41(54)32(3)25-35(6)46(56)47(63-10)45(55)34(5)24-30/h11-13,16-17,25,30,32-34,36-40,42-44,46-47,53,56,60H,14-15,18-24,26-29H2,1-10H3/t30-,32+,33+,34-,36-,37-,38+,39+,40-,42+,43-,44+,46-,47+,51+/m0/s1. The largest absolute Gasteiger partial charge is 0.460 e. The van der Waals surface area contributed by atoms with Crippen LogP contribution in [0.2, 0.25) is 0 Å². The lowest BCUT2D eigenvalue weighted by molar-refractivity contribution is -0.265. The number of fused-ring (bicyclic) bond motifs is 3. The average molecular weight is 914 g/mol. The van der Waals surface area contributed by atoms with Gasteiger partial charge in [0.25, 0.3) is 11.7 Å². The van der Waals surface area contributed by atoms with E-state index in [1.165, 1.54) is 12.0 Å². The summed E-state index contributed by atoms with van der Waals surface area (Å²) in [7, 11) is 4.52. The minimum atomic E-state index is -2.43. The first kappa shape index (κ1) is 54.2. The first-order chi connectivity index (χ1) is 30.7. The van der Waals surface area contributed by atoms with Crippen molar-refractivity contribution in [3.05, 3.63) is 47.6 Å². The molecule has 0 radical (unpaired) electrons. The van der Waals surface area contributed by atoms with Gasteiger partial charge in [-0.15, -0.1) is 0 Å². The van der Waals surface area contributed by atoms with Gasteiger partial charge in [0.05, 0.1) is 24.4 Å². The van der Waals surface area contributed by atoms with Crippen molar-refractivity contribution in [3.63, 3.8) is 0 Å². The molecule has 0 unspecified atom stereocenters. The molecule has 1 saturated carbocycles. The lowest BCUT2D eigenvalue weighted by Gasteiger charge is -2.42. The lowest BCUT2D eigenvalue weighted by atomic mass is 9.78. The van der Waals surface area contributed by atoms with Gasteiger partial charge in [0.15, 0.2) is 5.78 Å². The number of aliphatic hydroxyl groups is 3. The number of carbonyl (C=O) groups excluding carboxylic acids is 5. The van der Waals surface area contributed by atoms with Crippen LogP contribution in [0.5, 0.6) is 0 Å². The van der Waals surface area contributed by atoms with Crippen LogP contribution in [-0.4, -0.2) is 132 Å². The fourth-order valence-corrected chi connectivity index (χ4v) is 10.1. The van der Waals surface area contributed by atoms with Crippen molar-refractivity contribution >= 4 is 29.2 Å². The molecule has 2 saturated heterocycles. The summed E-state index contributed by atoms with van der Waals surface area (Å²) >= 11 is 0. The first-order valence-corrected chi connectivity index (χ1v) is 23.9. The summed E-state index contributed by atoms with van der Waals surface area (Å²) in [5, 5.41) is 33.8. The van der Waals surface area contributed by atoms with Gasteiger partial charge in [0.1, 0.15) is 30.1 Å². The smallest absolute Gasteiger partial charge is 0.329 e. The van der Waals surface area contributed by atoms with Gasteiger partial charge >= 0.3 is 5.97 Å². The topological polar surface area (TPSA) is 195 Å². The second-order valence-corrected chi connectivity index (χ2v) is 19.6. The Hall–Kier alpha value is -3.37. The number of cyclic esters (lactones) is 1. The van der Waals surface area contributed by atoms with Crippen molar-refractivity contribution in [3.8, 4) is 0 Å². The van der Waals surface area contributed by atoms with Crippen LogP contribution in [0.25, 0.3) is 0 Å². The Morgan fingerprint density at radius 3 is 2.25 bits per heavy atom. The summed E-state index contributed by atoms with van der Waals surface area (Å²) < 4.78 is 29.4. The Balaban J connectivity index is 1.70.